The summed E-state index contributed by atoms with van der Waals surface area (Å²) in [6.45, 7) is 2.09. The van der Waals surface area contributed by atoms with Gasteiger partial charge in [-0.05, 0) is 61.1 Å². The van der Waals surface area contributed by atoms with Crippen LogP contribution in [0.4, 0.5) is 0 Å². The van der Waals surface area contributed by atoms with E-state index >= 15 is 0 Å². The molecule has 28 heavy (non-hydrogen) atoms. The first kappa shape index (κ1) is 22.6. The molecule has 0 spiro atoms. The lowest BCUT2D eigenvalue weighted by molar-refractivity contribution is -0.140. The number of carbonyl (C=O) groups is 2. The topological polar surface area (TPSA) is 49.4 Å². The first-order valence-corrected chi connectivity index (χ1v) is 10.8. The number of benzene rings is 2. The number of thioether (sulfide) groups is 1. The van der Waals surface area contributed by atoms with Crippen molar-refractivity contribution < 1.29 is 9.59 Å². The SMILES string of the molecule is CNC(=O)C(C)N(Cc1cccc(Cl)c1)C(=O)CCCSc1ccc(Cl)cc1. The molecular weight excluding hydrogens is 415 g/mol. The quantitative estimate of drug-likeness (QED) is 0.441. The Balaban J connectivity index is 1.95. The summed E-state index contributed by atoms with van der Waals surface area (Å²) in [5.41, 5.74) is 0.896. The molecule has 0 heterocycles. The molecule has 4 nitrogen and oxygen atoms in total. The van der Waals surface area contributed by atoms with Crippen molar-refractivity contribution in [1.82, 2.24) is 10.2 Å². The third kappa shape index (κ3) is 7.04. The molecule has 0 aromatic heterocycles. The lowest BCUT2D eigenvalue weighted by Crippen LogP contribution is -2.46. The van der Waals surface area contributed by atoms with E-state index in [1.165, 1.54) is 0 Å². The van der Waals surface area contributed by atoms with Gasteiger partial charge in [0.1, 0.15) is 6.04 Å². The van der Waals surface area contributed by atoms with E-state index in [-0.39, 0.29) is 11.8 Å². The summed E-state index contributed by atoms with van der Waals surface area (Å²) >= 11 is 13.6. The summed E-state index contributed by atoms with van der Waals surface area (Å²) < 4.78 is 0. The van der Waals surface area contributed by atoms with Gasteiger partial charge in [-0.25, -0.2) is 0 Å². The number of rotatable bonds is 9. The number of hydrogen-bond donors (Lipinski definition) is 1. The highest BCUT2D eigenvalue weighted by Crippen LogP contribution is 2.22. The van der Waals surface area contributed by atoms with Crippen LogP contribution in [0.15, 0.2) is 53.4 Å². The predicted molar refractivity (Wildman–Crippen MR) is 117 cm³/mol. The zero-order valence-electron chi connectivity index (χ0n) is 16.0. The van der Waals surface area contributed by atoms with Crippen molar-refractivity contribution >= 4 is 46.8 Å². The highest BCUT2D eigenvalue weighted by molar-refractivity contribution is 7.99. The molecule has 2 aromatic rings. The van der Waals surface area contributed by atoms with Crippen molar-refractivity contribution in [2.24, 2.45) is 0 Å². The summed E-state index contributed by atoms with van der Waals surface area (Å²) in [6.07, 6.45) is 1.10. The van der Waals surface area contributed by atoms with E-state index in [0.29, 0.717) is 23.0 Å². The second kappa shape index (κ2) is 11.3. The van der Waals surface area contributed by atoms with Crippen molar-refractivity contribution in [2.75, 3.05) is 12.8 Å². The number of halogens is 2. The standard InChI is InChI=1S/C21H24Cl2N2O2S/c1-15(21(27)24-2)25(14-16-5-3-6-18(23)13-16)20(26)7-4-12-28-19-10-8-17(22)9-11-19/h3,5-6,8-11,13,15H,4,7,12,14H2,1-2H3,(H,24,27). The maximum atomic E-state index is 12.8. The third-order valence-corrected chi connectivity index (χ3v) is 5.86. The maximum absolute atomic E-state index is 12.8. The molecule has 2 rings (SSSR count). The number of carbonyl (C=O) groups excluding carboxylic acids is 2. The Kier molecular flexibility index (Phi) is 9.16. The highest BCUT2D eigenvalue weighted by atomic mass is 35.5. The van der Waals surface area contributed by atoms with Gasteiger partial charge in [-0.1, -0.05) is 35.3 Å². The molecule has 0 aliphatic rings. The fourth-order valence-corrected chi connectivity index (χ4v) is 3.90. The van der Waals surface area contributed by atoms with Gasteiger partial charge in [0.15, 0.2) is 0 Å². The van der Waals surface area contributed by atoms with Crippen LogP contribution in [0, 0.1) is 0 Å². The summed E-state index contributed by atoms with van der Waals surface area (Å²) in [6, 6.07) is 14.4. The zero-order valence-corrected chi connectivity index (χ0v) is 18.3. The summed E-state index contributed by atoms with van der Waals surface area (Å²) in [4.78, 5) is 27.7. The third-order valence-electron chi connectivity index (χ3n) is 4.27. The van der Waals surface area contributed by atoms with E-state index < -0.39 is 6.04 Å². The largest absolute Gasteiger partial charge is 0.357 e. The van der Waals surface area contributed by atoms with Gasteiger partial charge in [0, 0.05) is 35.0 Å². The van der Waals surface area contributed by atoms with Crippen LogP contribution >= 0.6 is 35.0 Å². The second-order valence-electron chi connectivity index (χ2n) is 6.35. The molecule has 0 aliphatic carbocycles. The number of nitrogens with one attached hydrogen (secondary N) is 1. The van der Waals surface area contributed by atoms with Crippen molar-refractivity contribution in [3.8, 4) is 0 Å². The molecule has 1 N–H and O–H groups in total. The van der Waals surface area contributed by atoms with Gasteiger partial charge < -0.3 is 10.2 Å². The van der Waals surface area contributed by atoms with E-state index in [1.54, 1.807) is 36.7 Å². The summed E-state index contributed by atoms with van der Waals surface area (Å²) in [5.74, 6) is 0.575. The molecule has 0 aliphatic heterocycles. The number of hydrogen-bond acceptors (Lipinski definition) is 3. The lowest BCUT2D eigenvalue weighted by atomic mass is 10.1. The Morgan fingerprint density at radius 2 is 1.82 bits per heavy atom. The minimum absolute atomic E-state index is 0.0484. The maximum Gasteiger partial charge on any atom is 0.242 e. The van der Waals surface area contributed by atoms with Gasteiger partial charge in [0.05, 0.1) is 0 Å². The van der Waals surface area contributed by atoms with Crippen LogP contribution in [0.3, 0.4) is 0 Å². The van der Waals surface area contributed by atoms with Crippen molar-refractivity contribution in [3.05, 3.63) is 64.1 Å². The van der Waals surface area contributed by atoms with Gasteiger partial charge in [-0.15, -0.1) is 11.8 Å². The molecule has 0 bridgehead atoms. The molecule has 7 heteroatoms. The van der Waals surface area contributed by atoms with Crippen LogP contribution in [0.1, 0.15) is 25.3 Å². The van der Waals surface area contributed by atoms with Gasteiger partial charge in [0.25, 0.3) is 0 Å². The van der Waals surface area contributed by atoms with E-state index in [0.717, 1.165) is 22.6 Å². The smallest absolute Gasteiger partial charge is 0.242 e. The van der Waals surface area contributed by atoms with Crippen molar-refractivity contribution in [2.45, 2.75) is 37.2 Å². The monoisotopic (exact) mass is 438 g/mol. The molecule has 2 amide bonds. The molecular formula is C21H24Cl2N2O2S. The minimum Gasteiger partial charge on any atom is -0.357 e. The first-order chi connectivity index (χ1) is 13.4. The Labute approximate surface area is 180 Å². The average Bonchev–Trinajstić information content (AvgIpc) is 2.69. The Hall–Kier alpha value is -1.69. The van der Waals surface area contributed by atoms with Gasteiger partial charge in [0.2, 0.25) is 11.8 Å². The molecule has 0 fully saturated rings. The molecule has 1 atom stereocenters. The summed E-state index contributed by atoms with van der Waals surface area (Å²) in [5, 5.41) is 3.93. The highest BCUT2D eigenvalue weighted by Gasteiger charge is 2.25. The van der Waals surface area contributed by atoms with E-state index in [9.17, 15) is 9.59 Å². The van der Waals surface area contributed by atoms with E-state index in [2.05, 4.69) is 5.32 Å². The molecule has 2 aromatic carbocycles. The van der Waals surface area contributed by atoms with Gasteiger partial charge in [-0.3, -0.25) is 9.59 Å². The molecule has 1 unspecified atom stereocenters. The van der Waals surface area contributed by atoms with Gasteiger partial charge >= 0.3 is 0 Å². The molecule has 0 saturated carbocycles. The molecule has 0 radical (unpaired) electrons. The Morgan fingerprint density at radius 3 is 2.46 bits per heavy atom. The fraction of sp³-hybridized carbons (Fsp3) is 0.333. The van der Waals surface area contributed by atoms with Crippen LogP contribution in [-0.2, 0) is 16.1 Å². The van der Waals surface area contributed by atoms with Crippen LogP contribution in [0.5, 0.6) is 0 Å². The zero-order chi connectivity index (χ0) is 20.5. The van der Waals surface area contributed by atoms with Gasteiger partial charge in [-0.2, -0.15) is 0 Å². The fourth-order valence-electron chi connectivity index (χ4n) is 2.71. The molecule has 0 saturated heterocycles. The van der Waals surface area contributed by atoms with Crippen molar-refractivity contribution in [1.29, 1.82) is 0 Å². The number of amides is 2. The number of nitrogens with zero attached hydrogens (tertiary/aromatic N) is 1. The Bertz CT molecular complexity index is 799. The van der Waals surface area contributed by atoms with Crippen LogP contribution in [0.2, 0.25) is 10.0 Å². The Morgan fingerprint density at radius 1 is 1.11 bits per heavy atom. The van der Waals surface area contributed by atoms with Crippen LogP contribution in [0.25, 0.3) is 0 Å². The van der Waals surface area contributed by atoms with E-state index in [4.69, 9.17) is 23.2 Å². The summed E-state index contributed by atoms with van der Waals surface area (Å²) in [7, 11) is 1.57. The van der Waals surface area contributed by atoms with Crippen LogP contribution < -0.4 is 5.32 Å². The average molecular weight is 439 g/mol. The van der Waals surface area contributed by atoms with Crippen molar-refractivity contribution in [3.63, 3.8) is 0 Å². The van der Waals surface area contributed by atoms with Crippen LogP contribution in [-0.4, -0.2) is 35.6 Å². The first-order valence-electron chi connectivity index (χ1n) is 9.04. The molecule has 150 valence electrons. The lowest BCUT2D eigenvalue weighted by Gasteiger charge is -2.28. The predicted octanol–water partition coefficient (Wildman–Crippen LogP) is 5.03. The second-order valence-corrected chi connectivity index (χ2v) is 8.39. The normalized spacial score (nSPS) is 11.7. The minimum atomic E-state index is -0.555. The number of likely N-dealkylation sites (N-methyl/N-ethyl adjacent to an activating group) is 1. The van der Waals surface area contributed by atoms with E-state index in [1.807, 2.05) is 42.5 Å².